The SMILES string of the molecule is CS(=O)(=O)N(CC(=O)NCc1ccc(-n2ccnc2)cc1)c1ccccc1Br. The summed E-state index contributed by atoms with van der Waals surface area (Å²) in [5.41, 5.74) is 2.29. The summed E-state index contributed by atoms with van der Waals surface area (Å²) in [6, 6.07) is 14.5. The lowest BCUT2D eigenvalue weighted by Crippen LogP contribution is -2.40. The van der Waals surface area contributed by atoms with Crippen molar-refractivity contribution in [1.29, 1.82) is 0 Å². The van der Waals surface area contributed by atoms with Crippen LogP contribution in [0.25, 0.3) is 5.69 Å². The fourth-order valence-corrected chi connectivity index (χ4v) is 4.10. The number of nitrogens with one attached hydrogen (secondary N) is 1. The molecule has 9 heteroatoms. The third kappa shape index (κ3) is 4.99. The summed E-state index contributed by atoms with van der Waals surface area (Å²) in [6.07, 6.45) is 6.33. The molecule has 146 valence electrons. The highest BCUT2D eigenvalue weighted by atomic mass is 79.9. The van der Waals surface area contributed by atoms with E-state index < -0.39 is 10.0 Å². The summed E-state index contributed by atoms with van der Waals surface area (Å²) in [4.78, 5) is 16.4. The number of benzene rings is 2. The van der Waals surface area contributed by atoms with Crippen molar-refractivity contribution in [2.75, 3.05) is 17.1 Å². The third-order valence-electron chi connectivity index (χ3n) is 4.04. The van der Waals surface area contributed by atoms with Gasteiger partial charge in [0.05, 0.1) is 18.3 Å². The Balaban J connectivity index is 1.64. The van der Waals surface area contributed by atoms with Crippen molar-refractivity contribution < 1.29 is 13.2 Å². The molecule has 0 bridgehead atoms. The molecule has 0 aliphatic rings. The van der Waals surface area contributed by atoms with Gasteiger partial charge in [0.2, 0.25) is 15.9 Å². The number of carbonyl (C=O) groups is 1. The number of rotatable bonds is 7. The zero-order chi connectivity index (χ0) is 20.1. The van der Waals surface area contributed by atoms with E-state index in [2.05, 4.69) is 26.2 Å². The number of anilines is 1. The summed E-state index contributed by atoms with van der Waals surface area (Å²) in [7, 11) is -3.62. The quantitative estimate of drug-likeness (QED) is 0.584. The molecule has 1 aromatic heterocycles. The molecule has 1 N–H and O–H groups in total. The van der Waals surface area contributed by atoms with Crippen molar-refractivity contribution in [3.63, 3.8) is 0 Å². The number of para-hydroxylation sites is 1. The van der Waals surface area contributed by atoms with Crippen LogP contribution in [0.2, 0.25) is 0 Å². The second-order valence-electron chi connectivity index (χ2n) is 6.13. The Morgan fingerprint density at radius 2 is 1.89 bits per heavy atom. The fourth-order valence-electron chi connectivity index (χ4n) is 2.62. The number of halogens is 1. The van der Waals surface area contributed by atoms with Gasteiger partial charge in [0.15, 0.2) is 0 Å². The standard InChI is InChI=1S/C19H19BrN4O3S/c1-28(26,27)24(18-5-3-2-4-17(18)20)13-19(25)22-12-15-6-8-16(9-7-15)23-11-10-21-14-23/h2-11,14H,12-13H2,1H3,(H,22,25). The van der Waals surface area contributed by atoms with Crippen molar-refractivity contribution in [2.24, 2.45) is 0 Å². The van der Waals surface area contributed by atoms with E-state index in [1.54, 1.807) is 36.8 Å². The zero-order valence-electron chi connectivity index (χ0n) is 15.1. The van der Waals surface area contributed by atoms with Crippen LogP contribution in [0.1, 0.15) is 5.56 Å². The van der Waals surface area contributed by atoms with Gasteiger partial charge in [-0.05, 0) is 45.8 Å². The number of hydrogen-bond acceptors (Lipinski definition) is 4. The molecule has 0 radical (unpaired) electrons. The Kier molecular flexibility index (Phi) is 6.15. The Bertz CT molecular complexity index is 1050. The first kappa shape index (κ1) is 20.1. The molecular weight excluding hydrogens is 444 g/mol. The van der Waals surface area contributed by atoms with Crippen LogP contribution in [0.3, 0.4) is 0 Å². The highest BCUT2D eigenvalue weighted by molar-refractivity contribution is 9.10. The van der Waals surface area contributed by atoms with Gasteiger partial charge in [0.1, 0.15) is 6.54 Å². The number of amides is 1. The number of sulfonamides is 1. The molecule has 0 aliphatic carbocycles. The predicted molar refractivity (Wildman–Crippen MR) is 112 cm³/mol. The first-order valence-corrected chi connectivity index (χ1v) is 11.0. The maximum Gasteiger partial charge on any atom is 0.241 e. The third-order valence-corrected chi connectivity index (χ3v) is 5.83. The average Bonchev–Trinajstić information content (AvgIpc) is 3.19. The number of aromatic nitrogens is 2. The van der Waals surface area contributed by atoms with E-state index in [-0.39, 0.29) is 12.5 Å². The van der Waals surface area contributed by atoms with Gasteiger partial charge in [0.25, 0.3) is 0 Å². The monoisotopic (exact) mass is 462 g/mol. The average molecular weight is 463 g/mol. The Morgan fingerprint density at radius 1 is 1.18 bits per heavy atom. The van der Waals surface area contributed by atoms with Crippen LogP contribution >= 0.6 is 15.9 Å². The van der Waals surface area contributed by atoms with Crippen molar-refractivity contribution in [2.45, 2.75) is 6.54 Å². The van der Waals surface area contributed by atoms with E-state index >= 15 is 0 Å². The van der Waals surface area contributed by atoms with Gasteiger partial charge in [-0.1, -0.05) is 24.3 Å². The maximum absolute atomic E-state index is 12.4. The number of hydrogen-bond donors (Lipinski definition) is 1. The first-order valence-electron chi connectivity index (χ1n) is 8.41. The molecule has 0 fully saturated rings. The van der Waals surface area contributed by atoms with Crippen molar-refractivity contribution >= 4 is 37.5 Å². The minimum Gasteiger partial charge on any atom is -0.350 e. The first-order chi connectivity index (χ1) is 13.3. The van der Waals surface area contributed by atoms with E-state index in [9.17, 15) is 13.2 Å². The predicted octanol–water partition coefficient (Wildman–Crippen LogP) is 2.72. The van der Waals surface area contributed by atoms with Gasteiger partial charge in [-0.25, -0.2) is 13.4 Å². The largest absolute Gasteiger partial charge is 0.350 e. The summed E-state index contributed by atoms with van der Waals surface area (Å²) in [5.74, 6) is -0.389. The molecule has 0 saturated carbocycles. The molecule has 28 heavy (non-hydrogen) atoms. The van der Waals surface area contributed by atoms with E-state index in [4.69, 9.17) is 0 Å². The summed E-state index contributed by atoms with van der Waals surface area (Å²) in [6.45, 7) is 0.00513. The molecule has 1 amide bonds. The Hall–Kier alpha value is -2.65. The van der Waals surface area contributed by atoms with Gasteiger partial charge in [0, 0.05) is 29.1 Å². The van der Waals surface area contributed by atoms with E-state index in [0.29, 0.717) is 16.7 Å². The highest BCUT2D eigenvalue weighted by Crippen LogP contribution is 2.27. The normalized spacial score (nSPS) is 11.2. The Morgan fingerprint density at radius 3 is 2.50 bits per heavy atom. The van der Waals surface area contributed by atoms with Crippen LogP contribution in [0.4, 0.5) is 5.69 Å². The van der Waals surface area contributed by atoms with E-state index in [1.807, 2.05) is 35.0 Å². The molecule has 0 atom stereocenters. The van der Waals surface area contributed by atoms with Crippen LogP contribution in [-0.4, -0.2) is 36.7 Å². The zero-order valence-corrected chi connectivity index (χ0v) is 17.5. The molecule has 7 nitrogen and oxygen atoms in total. The second-order valence-corrected chi connectivity index (χ2v) is 8.90. The lowest BCUT2D eigenvalue weighted by atomic mass is 10.2. The molecule has 1 heterocycles. The summed E-state index contributed by atoms with van der Waals surface area (Å²) >= 11 is 3.33. The smallest absolute Gasteiger partial charge is 0.241 e. The molecule has 2 aromatic carbocycles. The van der Waals surface area contributed by atoms with Gasteiger partial charge in [-0.2, -0.15) is 0 Å². The fraction of sp³-hybridized carbons (Fsp3) is 0.158. The molecule has 0 saturated heterocycles. The van der Waals surface area contributed by atoms with E-state index in [1.165, 1.54) is 0 Å². The topological polar surface area (TPSA) is 84.3 Å². The van der Waals surface area contributed by atoms with Crippen LogP contribution in [0, 0.1) is 0 Å². The van der Waals surface area contributed by atoms with Gasteiger partial charge < -0.3 is 9.88 Å². The molecule has 0 spiro atoms. The van der Waals surface area contributed by atoms with Gasteiger partial charge in [-0.15, -0.1) is 0 Å². The molecule has 0 aliphatic heterocycles. The number of imidazole rings is 1. The number of nitrogens with zero attached hydrogens (tertiary/aromatic N) is 3. The minimum atomic E-state index is -3.62. The second kappa shape index (κ2) is 8.57. The number of carbonyl (C=O) groups excluding carboxylic acids is 1. The van der Waals surface area contributed by atoms with Crippen molar-refractivity contribution in [1.82, 2.24) is 14.9 Å². The van der Waals surface area contributed by atoms with Gasteiger partial charge in [-0.3, -0.25) is 9.10 Å². The van der Waals surface area contributed by atoms with Gasteiger partial charge >= 0.3 is 0 Å². The highest BCUT2D eigenvalue weighted by Gasteiger charge is 2.22. The summed E-state index contributed by atoms with van der Waals surface area (Å²) in [5, 5.41) is 2.77. The molecular formula is C19H19BrN4O3S. The van der Waals surface area contributed by atoms with Crippen LogP contribution < -0.4 is 9.62 Å². The van der Waals surface area contributed by atoms with E-state index in [0.717, 1.165) is 21.8 Å². The lowest BCUT2D eigenvalue weighted by Gasteiger charge is -2.23. The summed E-state index contributed by atoms with van der Waals surface area (Å²) < 4.78 is 27.9. The van der Waals surface area contributed by atoms with Crippen LogP contribution in [0.15, 0.2) is 71.7 Å². The molecule has 3 rings (SSSR count). The van der Waals surface area contributed by atoms with Crippen molar-refractivity contribution in [3.05, 3.63) is 77.3 Å². The Labute approximate surface area is 172 Å². The van der Waals surface area contributed by atoms with Crippen molar-refractivity contribution in [3.8, 4) is 5.69 Å². The van der Waals surface area contributed by atoms with Crippen LogP contribution in [0.5, 0.6) is 0 Å². The van der Waals surface area contributed by atoms with Crippen LogP contribution in [-0.2, 0) is 21.4 Å². The molecule has 3 aromatic rings. The molecule has 0 unspecified atom stereocenters. The maximum atomic E-state index is 12.4. The minimum absolute atomic E-state index is 0.297. The lowest BCUT2D eigenvalue weighted by molar-refractivity contribution is -0.119.